The van der Waals surface area contributed by atoms with Gasteiger partial charge in [0.05, 0.1) is 13.2 Å². The Kier molecular flexibility index (Phi) is 4.27. The van der Waals surface area contributed by atoms with Gasteiger partial charge in [-0.3, -0.25) is 4.79 Å². The van der Waals surface area contributed by atoms with Crippen molar-refractivity contribution in [2.45, 2.75) is 25.4 Å². The summed E-state index contributed by atoms with van der Waals surface area (Å²) in [6.07, 6.45) is 2.34. The summed E-state index contributed by atoms with van der Waals surface area (Å²) in [4.78, 5) is 12.0. The van der Waals surface area contributed by atoms with E-state index in [1.165, 1.54) is 7.11 Å². The van der Waals surface area contributed by atoms with Crippen LogP contribution in [0.25, 0.3) is 0 Å². The van der Waals surface area contributed by atoms with Gasteiger partial charge in [0.25, 0.3) is 5.91 Å². The molecule has 0 aromatic heterocycles. The van der Waals surface area contributed by atoms with Crippen molar-refractivity contribution in [2.24, 2.45) is 5.92 Å². The van der Waals surface area contributed by atoms with Crippen LogP contribution in [0.1, 0.15) is 29.6 Å². The van der Waals surface area contributed by atoms with Crippen LogP contribution in [-0.4, -0.2) is 30.8 Å². The summed E-state index contributed by atoms with van der Waals surface area (Å²) in [5.74, 6) is 0.773. The molecule has 0 saturated heterocycles. The Balaban J connectivity index is 1.94. The number of ether oxygens (including phenoxy) is 1. The molecule has 2 unspecified atom stereocenters. The molecule has 0 bridgehead atoms. The van der Waals surface area contributed by atoms with E-state index in [0.29, 0.717) is 29.5 Å². The second-order valence-electron chi connectivity index (χ2n) is 5.04. The molecule has 1 saturated carbocycles. The van der Waals surface area contributed by atoms with Gasteiger partial charge in [-0.1, -0.05) is 0 Å². The monoisotopic (exact) mass is 264 g/mol. The maximum Gasteiger partial charge on any atom is 0.251 e. The number of hydrogen-bond acceptors (Lipinski definition) is 4. The van der Waals surface area contributed by atoms with Gasteiger partial charge in [0.15, 0.2) is 0 Å². The molecule has 1 aliphatic rings. The number of nitrogens with one attached hydrogen (secondary N) is 1. The highest BCUT2D eigenvalue weighted by atomic mass is 16.5. The van der Waals surface area contributed by atoms with Crippen LogP contribution in [0.3, 0.4) is 0 Å². The Labute approximate surface area is 112 Å². The number of hydrogen-bond donors (Lipinski definition) is 3. The maximum absolute atomic E-state index is 12.0. The van der Waals surface area contributed by atoms with Gasteiger partial charge in [-0.2, -0.15) is 0 Å². The number of aliphatic hydroxyl groups excluding tert-OH is 1. The lowest BCUT2D eigenvalue weighted by atomic mass is 10.1. The van der Waals surface area contributed by atoms with Gasteiger partial charge >= 0.3 is 0 Å². The molecule has 1 fully saturated rings. The van der Waals surface area contributed by atoms with E-state index >= 15 is 0 Å². The molecule has 1 aromatic rings. The van der Waals surface area contributed by atoms with Crippen molar-refractivity contribution in [1.82, 2.24) is 5.32 Å². The van der Waals surface area contributed by atoms with Crippen LogP contribution in [0, 0.1) is 5.92 Å². The molecule has 0 aliphatic heterocycles. The molecule has 1 aromatic carbocycles. The van der Waals surface area contributed by atoms with Gasteiger partial charge < -0.3 is 20.9 Å². The lowest BCUT2D eigenvalue weighted by Gasteiger charge is -2.12. The molecule has 0 spiro atoms. The molecule has 1 amide bonds. The minimum atomic E-state index is -0.214. The van der Waals surface area contributed by atoms with E-state index in [4.69, 9.17) is 10.5 Å². The van der Waals surface area contributed by atoms with E-state index in [2.05, 4.69) is 5.32 Å². The standard InChI is InChI=1S/C14H20N2O3/c1-19-13-6-10(5-11(15)7-13)14(18)16-8-9-2-3-12(17)4-9/h5-7,9,12,17H,2-4,8,15H2,1H3,(H,16,18). The number of benzene rings is 1. The third-order valence-corrected chi connectivity index (χ3v) is 3.49. The number of carbonyl (C=O) groups excluding carboxylic acids is 1. The van der Waals surface area contributed by atoms with E-state index in [1.54, 1.807) is 18.2 Å². The highest BCUT2D eigenvalue weighted by Gasteiger charge is 2.23. The Morgan fingerprint density at radius 2 is 2.26 bits per heavy atom. The van der Waals surface area contributed by atoms with E-state index in [0.717, 1.165) is 19.3 Å². The summed E-state index contributed by atoms with van der Waals surface area (Å²) in [6, 6.07) is 4.96. The van der Waals surface area contributed by atoms with E-state index in [9.17, 15) is 9.90 Å². The summed E-state index contributed by atoms with van der Waals surface area (Å²) >= 11 is 0. The third-order valence-electron chi connectivity index (χ3n) is 3.49. The molecule has 5 heteroatoms. The first-order valence-electron chi connectivity index (χ1n) is 6.49. The zero-order valence-corrected chi connectivity index (χ0v) is 11.1. The highest BCUT2D eigenvalue weighted by molar-refractivity contribution is 5.95. The number of nitrogens with two attached hydrogens (primary N) is 1. The fourth-order valence-corrected chi connectivity index (χ4v) is 2.44. The van der Waals surface area contributed by atoms with Crippen LogP contribution in [0.4, 0.5) is 5.69 Å². The molecule has 2 atom stereocenters. The van der Waals surface area contributed by atoms with Gasteiger partial charge in [0, 0.05) is 23.9 Å². The van der Waals surface area contributed by atoms with Crippen molar-refractivity contribution < 1.29 is 14.6 Å². The van der Waals surface area contributed by atoms with Crippen molar-refractivity contribution in [3.8, 4) is 5.75 Å². The number of carbonyl (C=O) groups is 1. The van der Waals surface area contributed by atoms with Crippen LogP contribution in [-0.2, 0) is 0 Å². The zero-order valence-electron chi connectivity index (χ0n) is 11.1. The molecular formula is C14H20N2O3. The Morgan fingerprint density at radius 3 is 2.89 bits per heavy atom. The quantitative estimate of drug-likeness (QED) is 0.713. The van der Waals surface area contributed by atoms with Crippen molar-refractivity contribution in [3.05, 3.63) is 23.8 Å². The van der Waals surface area contributed by atoms with Crippen molar-refractivity contribution in [3.63, 3.8) is 0 Å². The first kappa shape index (κ1) is 13.7. The first-order valence-corrected chi connectivity index (χ1v) is 6.49. The molecular weight excluding hydrogens is 244 g/mol. The Hall–Kier alpha value is -1.75. The normalized spacial score (nSPS) is 22.2. The minimum Gasteiger partial charge on any atom is -0.497 e. The molecule has 0 heterocycles. The molecule has 2 rings (SSSR count). The van der Waals surface area contributed by atoms with Crippen molar-refractivity contribution >= 4 is 11.6 Å². The zero-order chi connectivity index (χ0) is 13.8. The van der Waals surface area contributed by atoms with Gasteiger partial charge in [0.2, 0.25) is 0 Å². The second-order valence-corrected chi connectivity index (χ2v) is 5.04. The van der Waals surface area contributed by atoms with Crippen molar-refractivity contribution in [2.75, 3.05) is 19.4 Å². The number of amides is 1. The smallest absolute Gasteiger partial charge is 0.251 e. The topological polar surface area (TPSA) is 84.6 Å². The molecule has 104 valence electrons. The van der Waals surface area contributed by atoms with E-state index in [1.807, 2.05) is 0 Å². The predicted octanol–water partition coefficient (Wildman–Crippen LogP) is 1.17. The number of nitrogen functional groups attached to an aromatic ring is 1. The predicted molar refractivity (Wildman–Crippen MR) is 73.1 cm³/mol. The summed E-state index contributed by atoms with van der Waals surface area (Å²) in [6.45, 7) is 0.590. The third kappa shape index (κ3) is 3.61. The van der Waals surface area contributed by atoms with E-state index in [-0.39, 0.29) is 12.0 Å². The Bertz CT molecular complexity index is 462. The van der Waals surface area contributed by atoms with Gasteiger partial charge in [-0.25, -0.2) is 0 Å². The van der Waals surface area contributed by atoms with Crippen LogP contribution < -0.4 is 15.8 Å². The molecule has 1 aliphatic carbocycles. The lowest BCUT2D eigenvalue weighted by Crippen LogP contribution is -2.28. The van der Waals surface area contributed by atoms with Crippen LogP contribution in [0.15, 0.2) is 18.2 Å². The lowest BCUT2D eigenvalue weighted by molar-refractivity contribution is 0.0944. The van der Waals surface area contributed by atoms with Gasteiger partial charge in [0.1, 0.15) is 5.75 Å². The first-order chi connectivity index (χ1) is 9.08. The fraction of sp³-hybridized carbons (Fsp3) is 0.500. The van der Waals surface area contributed by atoms with Crippen LogP contribution in [0.5, 0.6) is 5.75 Å². The van der Waals surface area contributed by atoms with E-state index < -0.39 is 0 Å². The summed E-state index contributed by atoms with van der Waals surface area (Å²) in [7, 11) is 1.54. The van der Waals surface area contributed by atoms with Crippen LogP contribution in [0.2, 0.25) is 0 Å². The SMILES string of the molecule is COc1cc(N)cc(C(=O)NCC2CCC(O)C2)c1. The van der Waals surface area contributed by atoms with Gasteiger partial charge in [-0.05, 0) is 37.3 Å². The van der Waals surface area contributed by atoms with Crippen LogP contribution >= 0.6 is 0 Å². The molecule has 4 N–H and O–H groups in total. The number of rotatable bonds is 4. The summed E-state index contributed by atoms with van der Waals surface area (Å²) in [5, 5.41) is 12.3. The number of aliphatic hydroxyl groups is 1. The number of methoxy groups -OCH3 is 1. The summed E-state index contributed by atoms with van der Waals surface area (Å²) < 4.78 is 5.08. The Morgan fingerprint density at radius 1 is 1.47 bits per heavy atom. The second kappa shape index (κ2) is 5.93. The minimum absolute atomic E-state index is 0.160. The fourth-order valence-electron chi connectivity index (χ4n) is 2.44. The molecule has 5 nitrogen and oxygen atoms in total. The number of anilines is 1. The average molecular weight is 264 g/mol. The van der Waals surface area contributed by atoms with Gasteiger partial charge in [-0.15, -0.1) is 0 Å². The average Bonchev–Trinajstić information content (AvgIpc) is 2.81. The summed E-state index contributed by atoms with van der Waals surface area (Å²) in [5.41, 5.74) is 6.71. The van der Waals surface area contributed by atoms with Crippen molar-refractivity contribution in [1.29, 1.82) is 0 Å². The molecule has 0 radical (unpaired) electrons. The maximum atomic E-state index is 12.0. The highest BCUT2D eigenvalue weighted by Crippen LogP contribution is 2.24. The molecule has 19 heavy (non-hydrogen) atoms. The largest absolute Gasteiger partial charge is 0.497 e.